The summed E-state index contributed by atoms with van der Waals surface area (Å²) < 4.78 is 31.2. The lowest BCUT2D eigenvalue weighted by molar-refractivity contribution is -0.391. The van der Waals surface area contributed by atoms with Crippen molar-refractivity contribution in [2.45, 2.75) is 88.0 Å². The van der Waals surface area contributed by atoms with Crippen molar-refractivity contribution in [1.82, 2.24) is 0 Å². The minimum Gasteiger partial charge on any atom is -0.373 e. The van der Waals surface area contributed by atoms with Gasteiger partial charge in [-0.15, -0.1) is 0 Å². The highest BCUT2D eigenvalue weighted by Gasteiger charge is 2.55. The van der Waals surface area contributed by atoms with Crippen LogP contribution in [0.15, 0.2) is 0 Å². The van der Waals surface area contributed by atoms with Crippen LogP contribution in [0.1, 0.15) is 64.2 Å². The molecule has 0 aromatic heterocycles. The van der Waals surface area contributed by atoms with Gasteiger partial charge in [0, 0.05) is 26.1 Å². The quantitative estimate of drug-likeness (QED) is 0.794. The smallest absolute Gasteiger partial charge is 0.198 e. The van der Waals surface area contributed by atoms with Crippen LogP contribution in [0.5, 0.6) is 0 Å². The van der Waals surface area contributed by atoms with E-state index in [2.05, 4.69) is 0 Å². The molecule has 0 amide bonds. The fourth-order valence-electron chi connectivity index (χ4n) is 4.54. The highest BCUT2D eigenvalue weighted by Crippen LogP contribution is 2.45. The van der Waals surface area contributed by atoms with Crippen LogP contribution in [0.2, 0.25) is 0 Å². The van der Waals surface area contributed by atoms with Crippen LogP contribution in [-0.2, 0) is 23.7 Å². The maximum absolute atomic E-state index is 6.73. The van der Waals surface area contributed by atoms with Gasteiger partial charge in [0.25, 0.3) is 0 Å². The number of rotatable bonds is 4. The first-order valence-corrected chi connectivity index (χ1v) is 9.54. The first-order valence-electron chi connectivity index (χ1n) is 9.54. The van der Waals surface area contributed by atoms with Gasteiger partial charge < -0.3 is 23.7 Å². The lowest BCUT2D eigenvalue weighted by Crippen LogP contribution is -2.58. The summed E-state index contributed by atoms with van der Waals surface area (Å²) in [7, 11) is 0. The molecule has 4 rings (SSSR count). The molecule has 0 N–H and O–H groups in total. The molecule has 132 valence electrons. The third-order valence-corrected chi connectivity index (χ3v) is 5.72. The van der Waals surface area contributed by atoms with E-state index in [4.69, 9.17) is 23.7 Å². The van der Waals surface area contributed by atoms with E-state index in [0.29, 0.717) is 0 Å². The molecule has 4 aliphatic rings. The van der Waals surface area contributed by atoms with Gasteiger partial charge in [0.1, 0.15) is 12.2 Å². The van der Waals surface area contributed by atoms with Gasteiger partial charge in [0.15, 0.2) is 11.6 Å². The van der Waals surface area contributed by atoms with Crippen LogP contribution in [0.25, 0.3) is 0 Å². The van der Waals surface area contributed by atoms with Gasteiger partial charge in [0.05, 0.1) is 13.2 Å². The maximum Gasteiger partial charge on any atom is 0.198 e. The second-order valence-corrected chi connectivity index (χ2v) is 7.34. The molecule has 0 bridgehead atoms. The SMILES string of the molecule is C1CCC(C2(OC3(C4CCCCO4)CCCO3)CCCO2)OC1. The zero-order chi connectivity index (χ0) is 15.6. The van der Waals surface area contributed by atoms with Gasteiger partial charge in [-0.1, -0.05) is 0 Å². The monoisotopic (exact) mass is 326 g/mol. The maximum atomic E-state index is 6.73. The molecule has 0 aliphatic carbocycles. The Balaban J connectivity index is 1.55. The first-order chi connectivity index (χ1) is 11.3. The molecule has 4 unspecified atom stereocenters. The summed E-state index contributed by atoms with van der Waals surface area (Å²) in [6.07, 6.45) is 10.6. The summed E-state index contributed by atoms with van der Waals surface area (Å²) in [6, 6.07) is 0. The summed E-state index contributed by atoms with van der Waals surface area (Å²) in [5, 5.41) is 0. The van der Waals surface area contributed by atoms with E-state index in [-0.39, 0.29) is 12.2 Å². The van der Waals surface area contributed by atoms with Crippen LogP contribution in [0.3, 0.4) is 0 Å². The summed E-state index contributed by atoms with van der Waals surface area (Å²) in [5.74, 6) is -1.27. The fourth-order valence-corrected chi connectivity index (χ4v) is 4.54. The Labute approximate surface area is 138 Å². The average Bonchev–Trinajstić information content (AvgIpc) is 3.28. The summed E-state index contributed by atoms with van der Waals surface area (Å²) in [4.78, 5) is 0. The molecule has 0 saturated carbocycles. The van der Waals surface area contributed by atoms with Gasteiger partial charge in [-0.2, -0.15) is 0 Å². The molecular formula is C18H30O5. The summed E-state index contributed by atoms with van der Waals surface area (Å²) in [6.45, 7) is 3.13. The molecule has 4 atom stereocenters. The second-order valence-electron chi connectivity index (χ2n) is 7.34. The van der Waals surface area contributed by atoms with Crippen LogP contribution < -0.4 is 0 Å². The Bertz CT molecular complexity index is 339. The molecule has 4 fully saturated rings. The number of hydrogen-bond donors (Lipinski definition) is 0. The van der Waals surface area contributed by atoms with Gasteiger partial charge in [-0.25, -0.2) is 0 Å². The molecule has 5 heteroatoms. The summed E-state index contributed by atoms with van der Waals surface area (Å²) >= 11 is 0. The van der Waals surface area contributed by atoms with E-state index in [0.717, 1.165) is 77.8 Å². The van der Waals surface area contributed by atoms with Crippen molar-refractivity contribution in [3.63, 3.8) is 0 Å². The first kappa shape index (κ1) is 16.3. The van der Waals surface area contributed by atoms with Crippen molar-refractivity contribution < 1.29 is 23.7 Å². The molecule has 0 aromatic rings. The molecule has 4 heterocycles. The van der Waals surface area contributed by atoms with Crippen molar-refractivity contribution in [1.29, 1.82) is 0 Å². The molecule has 5 nitrogen and oxygen atoms in total. The predicted molar refractivity (Wildman–Crippen MR) is 84.1 cm³/mol. The van der Waals surface area contributed by atoms with E-state index in [1.807, 2.05) is 0 Å². The zero-order valence-corrected chi connectivity index (χ0v) is 14.1. The third kappa shape index (κ3) is 3.19. The van der Waals surface area contributed by atoms with Gasteiger partial charge >= 0.3 is 0 Å². The highest BCUT2D eigenvalue weighted by atomic mass is 16.8. The third-order valence-electron chi connectivity index (χ3n) is 5.72. The lowest BCUT2D eigenvalue weighted by Gasteiger charge is -2.47. The topological polar surface area (TPSA) is 46.2 Å². The predicted octanol–water partition coefficient (Wildman–Crippen LogP) is 3.15. The highest BCUT2D eigenvalue weighted by molar-refractivity contribution is 4.94. The minimum absolute atomic E-state index is 0.0309. The molecule has 0 spiro atoms. The van der Waals surface area contributed by atoms with Crippen LogP contribution in [-0.4, -0.2) is 50.2 Å². The lowest BCUT2D eigenvalue weighted by atomic mass is 9.95. The van der Waals surface area contributed by atoms with Crippen molar-refractivity contribution in [2.75, 3.05) is 26.4 Å². The molecule has 0 radical (unpaired) electrons. The standard InChI is InChI=1S/C18H30O5/c1-3-11-19-15(7-1)17(9-5-13-21-17)23-18(10-6-14-22-18)16-8-2-4-12-20-16/h15-16H,1-14H2. The number of ether oxygens (including phenoxy) is 5. The van der Waals surface area contributed by atoms with Crippen LogP contribution in [0.4, 0.5) is 0 Å². The van der Waals surface area contributed by atoms with Crippen LogP contribution in [0, 0.1) is 0 Å². The zero-order valence-electron chi connectivity index (χ0n) is 14.1. The minimum atomic E-state index is -0.633. The van der Waals surface area contributed by atoms with Crippen molar-refractivity contribution in [2.24, 2.45) is 0 Å². The second kappa shape index (κ2) is 6.96. The van der Waals surface area contributed by atoms with E-state index < -0.39 is 11.6 Å². The van der Waals surface area contributed by atoms with E-state index in [1.54, 1.807) is 0 Å². The Morgan fingerprint density at radius 2 is 1.13 bits per heavy atom. The molecule has 4 saturated heterocycles. The van der Waals surface area contributed by atoms with Crippen molar-refractivity contribution in [3.05, 3.63) is 0 Å². The molecule has 0 aromatic carbocycles. The molecule has 23 heavy (non-hydrogen) atoms. The average molecular weight is 326 g/mol. The molecule has 4 aliphatic heterocycles. The Morgan fingerprint density at radius 1 is 0.609 bits per heavy atom. The van der Waals surface area contributed by atoms with E-state index in [9.17, 15) is 0 Å². The van der Waals surface area contributed by atoms with Gasteiger partial charge in [-0.05, 0) is 51.4 Å². The number of hydrogen-bond acceptors (Lipinski definition) is 5. The largest absolute Gasteiger partial charge is 0.373 e. The van der Waals surface area contributed by atoms with Gasteiger partial charge in [-0.3, -0.25) is 0 Å². The van der Waals surface area contributed by atoms with E-state index >= 15 is 0 Å². The Kier molecular flexibility index (Phi) is 4.93. The van der Waals surface area contributed by atoms with Crippen molar-refractivity contribution in [3.8, 4) is 0 Å². The normalized spacial score (nSPS) is 45.4. The summed E-state index contributed by atoms with van der Waals surface area (Å²) in [5.41, 5.74) is 0. The Hall–Kier alpha value is -0.200. The Morgan fingerprint density at radius 3 is 1.48 bits per heavy atom. The van der Waals surface area contributed by atoms with Crippen LogP contribution >= 0.6 is 0 Å². The fraction of sp³-hybridized carbons (Fsp3) is 1.00. The molecular weight excluding hydrogens is 296 g/mol. The van der Waals surface area contributed by atoms with Crippen molar-refractivity contribution >= 4 is 0 Å². The van der Waals surface area contributed by atoms with Gasteiger partial charge in [0.2, 0.25) is 0 Å². The van der Waals surface area contributed by atoms with E-state index in [1.165, 1.54) is 12.8 Å².